The van der Waals surface area contributed by atoms with Crippen LogP contribution in [0.15, 0.2) is 48.5 Å². The lowest BCUT2D eigenvalue weighted by Crippen LogP contribution is -2.45. The van der Waals surface area contributed by atoms with Gasteiger partial charge in [0, 0.05) is 12.1 Å². The second kappa shape index (κ2) is 5.67. The first-order valence-electron chi connectivity index (χ1n) is 6.99. The molecule has 0 spiro atoms. The van der Waals surface area contributed by atoms with E-state index >= 15 is 0 Å². The zero-order valence-corrected chi connectivity index (χ0v) is 12.5. The van der Waals surface area contributed by atoms with Crippen LogP contribution in [0, 0.1) is 20.2 Å². The molecule has 0 atom stereocenters. The van der Waals surface area contributed by atoms with E-state index in [2.05, 4.69) is 5.32 Å². The van der Waals surface area contributed by atoms with Crippen LogP contribution in [0.1, 0.15) is 11.1 Å². The van der Waals surface area contributed by atoms with Crippen LogP contribution < -0.4 is 10.6 Å². The third-order valence-corrected chi connectivity index (χ3v) is 3.88. The van der Waals surface area contributed by atoms with Gasteiger partial charge in [-0.2, -0.15) is 0 Å². The van der Waals surface area contributed by atoms with Gasteiger partial charge < -0.3 is 5.32 Å². The SMILES string of the molecule is O=C1NC(=O)C(c2ccccc2[N+](=O)[O-])(c2ccccc2[N+](=O)[O-])N1. The topological polar surface area (TPSA) is 144 Å². The van der Waals surface area contributed by atoms with Gasteiger partial charge in [0.2, 0.25) is 0 Å². The van der Waals surface area contributed by atoms with Crippen molar-refractivity contribution in [3.8, 4) is 0 Å². The molecule has 3 rings (SSSR count). The molecule has 0 unspecified atom stereocenters. The van der Waals surface area contributed by atoms with Crippen LogP contribution in [0.2, 0.25) is 0 Å². The number of imide groups is 1. The Balaban J connectivity index is 2.40. The lowest BCUT2D eigenvalue weighted by molar-refractivity contribution is -0.387. The van der Waals surface area contributed by atoms with E-state index in [0.717, 1.165) is 12.1 Å². The molecule has 1 heterocycles. The summed E-state index contributed by atoms with van der Waals surface area (Å²) in [4.78, 5) is 45.7. The fraction of sp³-hybridized carbons (Fsp3) is 0.0667. The van der Waals surface area contributed by atoms with Gasteiger partial charge in [-0.1, -0.05) is 24.3 Å². The number of nitrogens with zero attached hydrogens (tertiary/aromatic N) is 2. The number of benzene rings is 2. The Labute approximate surface area is 139 Å². The molecule has 0 aromatic heterocycles. The zero-order chi connectivity index (χ0) is 18.2. The number of rotatable bonds is 4. The van der Waals surface area contributed by atoms with Crippen LogP contribution >= 0.6 is 0 Å². The second-order valence-electron chi connectivity index (χ2n) is 5.21. The van der Waals surface area contributed by atoms with Gasteiger partial charge in [-0.05, 0) is 12.1 Å². The highest BCUT2D eigenvalue weighted by atomic mass is 16.6. The summed E-state index contributed by atoms with van der Waals surface area (Å²) in [5.41, 5.74) is -3.31. The van der Waals surface area contributed by atoms with Gasteiger partial charge in [0.1, 0.15) is 0 Å². The Hall–Kier alpha value is -3.82. The quantitative estimate of drug-likeness (QED) is 0.490. The molecule has 1 fully saturated rings. The molecule has 10 nitrogen and oxygen atoms in total. The van der Waals surface area contributed by atoms with Crippen LogP contribution in [0.25, 0.3) is 0 Å². The van der Waals surface area contributed by atoms with E-state index in [4.69, 9.17) is 0 Å². The molecule has 0 bridgehead atoms. The van der Waals surface area contributed by atoms with Gasteiger partial charge in [0.05, 0.1) is 21.0 Å². The third kappa shape index (κ3) is 2.36. The van der Waals surface area contributed by atoms with Crippen molar-refractivity contribution in [1.82, 2.24) is 10.6 Å². The molecule has 0 aliphatic carbocycles. The zero-order valence-electron chi connectivity index (χ0n) is 12.5. The largest absolute Gasteiger partial charge is 0.322 e. The van der Waals surface area contributed by atoms with Gasteiger partial charge in [-0.15, -0.1) is 0 Å². The van der Waals surface area contributed by atoms with E-state index in [1.54, 1.807) is 0 Å². The van der Waals surface area contributed by atoms with Crippen LogP contribution in [0.3, 0.4) is 0 Å². The summed E-state index contributed by atoms with van der Waals surface area (Å²) < 4.78 is 0. The summed E-state index contributed by atoms with van der Waals surface area (Å²) in [6.45, 7) is 0. The van der Waals surface area contributed by atoms with Gasteiger partial charge in [0.25, 0.3) is 17.3 Å². The number of amides is 3. The molecule has 2 N–H and O–H groups in total. The standard InChI is InChI=1S/C15H10N4O6/c20-13-15(17-14(21)16-13,9-5-1-3-7-11(9)18(22)23)10-6-2-4-8-12(10)19(24)25/h1-8H,(H2,16,17,20,21). The molecule has 126 valence electrons. The van der Waals surface area contributed by atoms with Gasteiger partial charge >= 0.3 is 6.03 Å². The minimum absolute atomic E-state index is 0.169. The average molecular weight is 342 g/mol. The number of nitro benzene ring substituents is 2. The molecular weight excluding hydrogens is 332 g/mol. The normalized spacial score (nSPS) is 15.4. The molecule has 2 aromatic carbocycles. The summed E-state index contributed by atoms with van der Waals surface area (Å²) >= 11 is 0. The fourth-order valence-corrected chi connectivity index (χ4v) is 2.88. The number of carbonyl (C=O) groups is 2. The number of nitrogens with one attached hydrogen (secondary N) is 2. The number of hydrogen-bond donors (Lipinski definition) is 2. The van der Waals surface area contributed by atoms with E-state index in [0.29, 0.717) is 0 Å². The summed E-state index contributed by atoms with van der Waals surface area (Å²) in [5.74, 6) is -0.930. The molecule has 0 saturated carbocycles. The van der Waals surface area contributed by atoms with Crippen molar-refractivity contribution in [3.63, 3.8) is 0 Å². The van der Waals surface area contributed by atoms with Gasteiger partial charge in [0.15, 0.2) is 5.54 Å². The van der Waals surface area contributed by atoms with Crippen molar-refractivity contribution in [2.24, 2.45) is 0 Å². The summed E-state index contributed by atoms with van der Waals surface area (Å²) in [5, 5.41) is 27.1. The minimum atomic E-state index is -2.08. The highest BCUT2D eigenvalue weighted by molar-refractivity contribution is 6.10. The fourth-order valence-electron chi connectivity index (χ4n) is 2.88. The lowest BCUT2D eigenvalue weighted by Gasteiger charge is -2.26. The maximum Gasteiger partial charge on any atom is 0.322 e. The summed E-state index contributed by atoms with van der Waals surface area (Å²) in [7, 11) is 0. The van der Waals surface area contributed by atoms with Crippen molar-refractivity contribution < 1.29 is 19.4 Å². The van der Waals surface area contributed by atoms with Gasteiger partial charge in [-0.25, -0.2) is 4.79 Å². The number of nitro groups is 2. The smallest absolute Gasteiger partial charge is 0.315 e. The molecule has 3 amide bonds. The third-order valence-electron chi connectivity index (χ3n) is 3.88. The molecule has 1 aliphatic heterocycles. The van der Waals surface area contributed by atoms with Gasteiger partial charge in [-0.3, -0.25) is 30.3 Å². The van der Waals surface area contributed by atoms with Crippen LogP contribution in [-0.2, 0) is 10.3 Å². The van der Waals surface area contributed by atoms with Crippen molar-refractivity contribution in [2.75, 3.05) is 0 Å². The molecule has 1 saturated heterocycles. The van der Waals surface area contributed by atoms with E-state index in [1.165, 1.54) is 36.4 Å². The molecule has 0 radical (unpaired) electrons. The van der Waals surface area contributed by atoms with Crippen molar-refractivity contribution in [3.05, 3.63) is 79.9 Å². The minimum Gasteiger partial charge on any atom is -0.315 e. The Kier molecular flexibility index (Phi) is 3.64. The van der Waals surface area contributed by atoms with Crippen LogP contribution in [0.4, 0.5) is 16.2 Å². The predicted molar refractivity (Wildman–Crippen MR) is 83.6 cm³/mol. The Bertz CT molecular complexity index is 868. The number of carbonyl (C=O) groups excluding carboxylic acids is 2. The summed E-state index contributed by atoms with van der Waals surface area (Å²) in [6, 6.07) is 9.63. The Morgan fingerprint density at radius 2 is 1.24 bits per heavy atom. The van der Waals surface area contributed by atoms with Crippen LogP contribution in [-0.4, -0.2) is 21.8 Å². The van der Waals surface area contributed by atoms with Crippen molar-refractivity contribution in [2.45, 2.75) is 5.54 Å². The monoisotopic (exact) mass is 342 g/mol. The van der Waals surface area contributed by atoms with Crippen LogP contribution in [0.5, 0.6) is 0 Å². The first-order chi connectivity index (χ1) is 11.9. The maximum atomic E-state index is 12.6. The molecule has 1 aliphatic rings. The van der Waals surface area contributed by atoms with E-state index in [1.807, 2.05) is 5.32 Å². The average Bonchev–Trinajstić information content (AvgIpc) is 2.89. The number of hydrogen-bond acceptors (Lipinski definition) is 6. The molecule has 10 heteroatoms. The summed E-state index contributed by atoms with van der Waals surface area (Å²) in [6.07, 6.45) is 0. The second-order valence-corrected chi connectivity index (χ2v) is 5.21. The molecule has 25 heavy (non-hydrogen) atoms. The maximum absolute atomic E-state index is 12.6. The number of urea groups is 1. The van der Waals surface area contributed by atoms with E-state index in [9.17, 15) is 29.8 Å². The molecule has 2 aromatic rings. The van der Waals surface area contributed by atoms with E-state index in [-0.39, 0.29) is 11.1 Å². The Morgan fingerprint density at radius 3 is 1.60 bits per heavy atom. The highest BCUT2D eigenvalue weighted by Crippen LogP contribution is 2.41. The number of para-hydroxylation sites is 2. The first kappa shape index (κ1) is 16.1. The lowest BCUT2D eigenvalue weighted by atomic mass is 9.81. The first-order valence-corrected chi connectivity index (χ1v) is 6.99. The van der Waals surface area contributed by atoms with Crippen molar-refractivity contribution >= 4 is 23.3 Å². The highest BCUT2D eigenvalue weighted by Gasteiger charge is 2.55. The van der Waals surface area contributed by atoms with E-state index < -0.39 is 38.7 Å². The van der Waals surface area contributed by atoms with Crippen molar-refractivity contribution in [1.29, 1.82) is 0 Å². The predicted octanol–water partition coefficient (Wildman–Crippen LogP) is 1.59. The Morgan fingerprint density at radius 1 is 0.800 bits per heavy atom. The molecular formula is C15H10N4O6.